The molecule has 0 radical (unpaired) electrons. The molecule has 0 aliphatic heterocycles. The van der Waals surface area contributed by atoms with Crippen LogP contribution in [0.5, 0.6) is 5.75 Å². The van der Waals surface area contributed by atoms with Crippen molar-refractivity contribution < 1.29 is 9.53 Å². The van der Waals surface area contributed by atoms with Crippen LogP contribution in [0.4, 0.5) is 10.8 Å². The van der Waals surface area contributed by atoms with Gasteiger partial charge in [0.25, 0.3) is 5.91 Å². The molecule has 6 nitrogen and oxygen atoms in total. The number of nitrogens with zero attached hydrogens (tertiary/aromatic N) is 2. The van der Waals surface area contributed by atoms with Crippen molar-refractivity contribution >= 4 is 57.5 Å². The van der Waals surface area contributed by atoms with Crippen LogP contribution in [0, 0.1) is 0 Å². The third-order valence-electron chi connectivity index (χ3n) is 4.42. The number of hydrogen-bond acceptors (Lipinski definition) is 6. The number of hydrogen-bond donors (Lipinski definition) is 2. The zero-order valence-corrected chi connectivity index (χ0v) is 19.5. The number of anilines is 2. The summed E-state index contributed by atoms with van der Waals surface area (Å²) in [6.45, 7) is 0.304. The third kappa shape index (κ3) is 6.32. The molecule has 0 saturated heterocycles. The van der Waals surface area contributed by atoms with E-state index in [1.165, 1.54) is 17.6 Å². The molecule has 9 heteroatoms. The maximum atomic E-state index is 12.7. The van der Waals surface area contributed by atoms with Crippen LogP contribution in [0.15, 0.2) is 84.0 Å². The van der Waals surface area contributed by atoms with Gasteiger partial charge in [0.05, 0.1) is 16.7 Å². The quantitative estimate of drug-likeness (QED) is 0.214. The highest BCUT2D eigenvalue weighted by atomic mass is 35.5. The van der Waals surface area contributed by atoms with Crippen molar-refractivity contribution in [1.82, 2.24) is 10.4 Å². The fourth-order valence-corrected chi connectivity index (χ4v) is 4.00. The van der Waals surface area contributed by atoms with Crippen LogP contribution in [0.2, 0.25) is 10.2 Å². The number of carbonyl (C=O) groups is 1. The Hall–Kier alpha value is -3.39. The van der Waals surface area contributed by atoms with E-state index < -0.39 is 5.91 Å². The van der Waals surface area contributed by atoms with Crippen LogP contribution in [-0.4, -0.2) is 17.1 Å². The largest absolute Gasteiger partial charge is 0.488 e. The summed E-state index contributed by atoms with van der Waals surface area (Å²) < 4.78 is 5.83. The number of amides is 1. The highest BCUT2D eigenvalue weighted by molar-refractivity contribution is 7.17. The first-order valence-electron chi connectivity index (χ1n) is 9.86. The molecule has 0 unspecified atom stereocenters. The van der Waals surface area contributed by atoms with E-state index in [1.54, 1.807) is 36.4 Å². The molecular formula is C24H18Cl2N4O2S. The van der Waals surface area contributed by atoms with E-state index in [4.69, 9.17) is 27.9 Å². The summed E-state index contributed by atoms with van der Waals surface area (Å²) in [7, 11) is 0. The number of aromatic nitrogens is 1. The van der Waals surface area contributed by atoms with Crippen LogP contribution in [-0.2, 0) is 6.61 Å². The molecule has 166 valence electrons. The summed E-state index contributed by atoms with van der Waals surface area (Å²) in [5, 5.41) is 8.78. The Morgan fingerprint density at radius 3 is 2.52 bits per heavy atom. The van der Waals surface area contributed by atoms with Crippen molar-refractivity contribution in [1.29, 1.82) is 0 Å². The molecule has 0 atom stereocenters. The lowest BCUT2D eigenvalue weighted by Gasteiger charge is -2.10. The zero-order chi connectivity index (χ0) is 23.0. The van der Waals surface area contributed by atoms with E-state index in [-0.39, 0.29) is 0 Å². The molecule has 1 heterocycles. The molecule has 33 heavy (non-hydrogen) atoms. The molecule has 0 spiro atoms. The van der Waals surface area contributed by atoms with E-state index in [1.807, 2.05) is 42.5 Å². The first-order valence-corrected chi connectivity index (χ1v) is 11.4. The standard InChI is InChI=1S/C24H18Cl2N4O2S/c25-17-12-10-16(11-13-17)15-32-20-9-5-4-8-19(20)23(31)30-27-14-21-22(26)29-24(33-21)28-18-6-2-1-3-7-18/h1-14H,15H2,(H,28,29)(H,30,31)/b27-14-. The van der Waals surface area contributed by atoms with Gasteiger partial charge in [0.15, 0.2) is 10.3 Å². The summed E-state index contributed by atoms with van der Waals surface area (Å²) in [4.78, 5) is 17.6. The lowest BCUT2D eigenvalue weighted by atomic mass is 10.2. The van der Waals surface area contributed by atoms with Gasteiger partial charge in [0.1, 0.15) is 12.4 Å². The van der Waals surface area contributed by atoms with Gasteiger partial charge in [-0.25, -0.2) is 10.4 Å². The Kier molecular flexibility index (Phi) is 7.57. The Morgan fingerprint density at radius 1 is 1.00 bits per heavy atom. The fourth-order valence-electron chi connectivity index (χ4n) is 2.82. The normalized spacial score (nSPS) is 10.8. The lowest BCUT2D eigenvalue weighted by molar-refractivity contribution is 0.0950. The predicted molar refractivity (Wildman–Crippen MR) is 134 cm³/mol. The van der Waals surface area contributed by atoms with E-state index in [9.17, 15) is 4.79 Å². The van der Waals surface area contributed by atoms with Gasteiger partial charge in [-0.1, -0.05) is 77.0 Å². The van der Waals surface area contributed by atoms with E-state index in [0.717, 1.165) is 11.3 Å². The summed E-state index contributed by atoms with van der Waals surface area (Å²) in [5.74, 6) is 0.0477. The number of hydrazone groups is 1. The maximum Gasteiger partial charge on any atom is 0.275 e. The van der Waals surface area contributed by atoms with Crippen LogP contribution >= 0.6 is 34.5 Å². The number of rotatable bonds is 8. The molecule has 4 rings (SSSR count). The van der Waals surface area contributed by atoms with Crippen molar-refractivity contribution in [3.05, 3.63) is 105 Å². The fraction of sp³-hybridized carbons (Fsp3) is 0.0417. The van der Waals surface area contributed by atoms with Crippen molar-refractivity contribution in [3.8, 4) is 5.75 Å². The number of nitrogens with one attached hydrogen (secondary N) is 2. The molecule has 0 saturated carbocycles. The minimum absolute atomic E-state index is 0.295. The smallest absolute Gasteiger partial charge is 0.275 e. The molecule has 0 bridgehead atoms. The van der Waals surface area contributed by atoms with E-state index >= 15 is 0 Å². The number of halogens is 2. The number of ether oxygens (including phenoxy) is 1. The van der Waals surface area contributed by atoms with Gasteiger partial charge in [0, 0.05) is 10.7 Å². The van der Waals surface area contributed by atoms with Gasteiger partial charge in [-0.2, -0.15) is 5.10 Å². The second-order valence-corrected chi connectivity index (χ2v) is 8.60. The Balaban J connectivity index is 1.38. The summed E-state index contributed by atoms with van der Waals surface area (Å²) in [6, 6.07) is 23.9. The molecule has 1 aromatic heterocycles. The molecule has 2 N–H and O–H groups in total. The molecular weight excluding hydrogens is 479 g/mol. The highest BCUT2D eigenvalue weighted by Gasteiger charge is 2.12. The van der Waals surface area contributed by atoms with E-state index in [0.29, 0.717) is 38.1 Å². The van der Waals surface area contributed by atoms with Gasteiger partial charge < -0.3 is 10.1 Å². The number of benzene rings is 3. The lowest BCUT2D eigenvalue weighted by Crippen LogP contribution is -2.18. The van der Waals surface area contributed by atoms with Gasteiger partial charge in [0.2, 0.25) is 0 Å². The van der Waals surface area contributed by atoms with Crippen molar-refractivity contribution in [3.63, 3.8) is 0 Å². The van der Waals surface area contributed by atoms with Gasteiger partial charge in [-0.3, -0.25) is 4.79 Å². The van der Waals surface area contributed by atoms with Crippen LogP contribution in [0.25, 0.3) is 0 Å². The predicted octanol–water partition coefficient (Wildman–Crippen LogP) is 6.54. The SMILES string of the molecule is O=C(N/N=C\c1sc(Nc2ccccc2)nc1Cl)c1ccccc1OCc1ccc(Cl)cc1. The summed E-state index contributed by atoms with van der Waals surface area (Å²) in [6.07, 6.45) is 1.46. The van der Waals surface area contributed by atoms with Crippen molar-refractivity contribution in [2.45, 2.75) is 6.61 Å². The second-order valence-electron chi connectivity index (χ2n) is 6.78. The summed E-state index contributed by atoms with van der Waals surface area (Å²) in [5.41, 5.74) is 4.71. The molecule has 0 aliphatic rings. The number of thiazole rings is 1. The van der Waals surface area contributed by atoms with E-state index in [2.05, 4.69) is 20.8 Å². The topological polar surface area (TPSA) is 75.6 Å². The number of para-hydroxylation sites is 2. The monoisotopic (exact) mass is 496 g/mol. The average molecular weight is 497 g/mol. The van der Waals surface area contributed by atoms with Crippen LogP contribution < -0.4 is 15.5 Å². The van der Waals surface area contributed by atoms with Gasteiger partial charge in [-0.15, -0.1) is 0 Å². The Labute approximate surface area is 204 Å². The number of carbonyl (C=O) groups excluding carboxylic acids is 1. The third-order valence-corrected chi connectivity index (χ3v) is 5.98. The highest BCUT2D eigenvalue weighted by Crippen LogP contribution is 2.28. The average Bonchev–Trinajstić information content (AvgIpc) is 3.18. The minimum atomic E-state index is -0.402. The second kappa shape index (κ2) is 11.0. The zero-order valence-electron chi connectivity index (χ0n) is 17.2. The molecule has 1 amide bonds. The van der Waals surface area contributed by atoms with Gasteiger partial charge >= 0.3 is 0 Å². The molecule has 4 aromatic rings. The van der Waals surface area contributed by atoms with Crippen LogP contribution in [0.3, 0.4) is 0 Å². The molecule has 0 aliphatic carbocycles. The Morgan fingerprint density at radius 2 is 1.73 bits per heavy atom. The molecule has 0 fully saturated rings. The summed E-state index contributed by atoms with van der Waals surface area (Å²) >= 11 is 13.4. The van der Waals surface area contributed by atoms with Gasteiger partial charge in [-0.05, 0) is 42.0 Å². The Bertz CT molecular complexity index is 1260. The first-order chi connectivity index (χ1) is 16.1. The van der Waals surface area contributed by atoms with Crippen molar-refractivity contribution in [2.24, 2.45) is 5.10 Å². The van der Waals surface area contributed by atoms with Crippen LogP contribution in [0.1, 0.15) is 20.8 Å². The molecule has 3 aromatic carbocycles. The van der Waals surface area contributed by atoms with Crippen molar-refractivity contribution in [2.75, 3.05) is 5.32 Å². The maximum absolute atomic E-state index is 12.7. The first kappa shape index (κ1) is 22.8. The minimum Gasteiger partial charge on any atom is -0.488 e.